The fraction of sp³-hybridized carbons (Fsp3) is 0.909. The van der Waals surface area contributed by atoms with Crippen LogP contribution in [-0.4, -0.2) is 60.6 Å². The largest absolute Gasteiger partial charge is 0.362 e. The highest BCUT2D eigenvalue weighted by molar-refractivity contribution is 5.78. The van der Waals surface area contributed by atoms with Crippen LogP contribution in [0.1, 0.15) is 20.3 Å². The molecule has 1 unspecified atom stereocenters. The van der Waals surface area contributed by atoms with Gasteiger partial charge in [0.25, 0.3) is 0 Å². The lowest BCUT2D eigenvalue weighted by atomic mass is 9.99. The Balaban J connectivity index is 2.08. The summed E-state index contributed by atoms with van der Waals surface area (Å²) in [5, 5.41) is 0. The van der Waals surface area contributed by atoms with Crippen molar-refractivity contribution in [2.45, 2.75) is 31.9 Å². The highest BCUT2D eigenvalue weighted by atomic mass is 16.5. The van der Waals surface area contributed by atoms with E-state index in [4.69, 9.17) is 4.74 Å². The van der Waals surface area contributed by atoms with E-state index >= 15 is 0 Å². The summed E-state index contributed by atoms with van der Waals surface area (Å²) >= 11 is 0. The summed E-state index contributed by atoms with van der Waals surface area (Å²) in [5.41, 5.74) is -0.0903. The topological polar surface area (TPSA) is 32.8 Å². The minimum Gasteiger partial charge on any atom is -0.362 e. The smallest absolute Gasteiger partial charge is 0.248 e. The van der Waals surface area contributed by atoms with Crippen molar-refractivity contribution in [1.29, 1.82) is 0 Å². The van der Waals surface area contributed by atoms with E-state index in [1.807, 2.05) is 4.90 Å². The third kappa shape index (κ3) is 2.01. The van der Waals surface area contributed by atoms with Crippen molar-refractivity contribution < 1.29 is 9.53 Å². The lowest BCUT2D eigenvalue weighted by Gasteiger charge is -2.41. The number of likely N-dealkylation sites (tertiary alicyclic amines) is 1. The molecule has 1 amide bonds. The van der Waals surface area contributed by atoms with Crippen LogP contribution in [-0.2, 0) is 9.53 Å². The predicted octanol–water partition coefficient (Wildman–Crippen LogP) is 0.328. The molecule has 1 spiro atoms. The molecule has 2 aliphatic rings. The Bertz CT molecular complexity index is 267. The number of rotatable bonds is 1. The summed E-state index contributed by atoms with van der Waals surface area (Å²) in [5.74, 6) is 0.130. The molecule has 0 aromatic carbocycles. The summed E-state index contributed by atoms with van der Waals surface area (Å²) in [6.45, 7) is 7.16. The Morgan fingerprint density at radius 1 is 1.40 bits per heavy atom. The standard InChI is InChI=1S/C11H20N2O2/c1-9(2)13-8-11(15-6-10(13)14)4-5-12(3)7-11/h9H,4-8H2,1-3H3. The molecule has 0 saturated carbocycles. The summed E-state index contributed by atoms with van der Waals surface area (Å²) in [6, 6.07) is 0.282. The first-order chi connectivity index (χ1) is 7.02. The van der Waals surface area contributed by atoms with Gasteiger partial charge in [0.05, 0.1) is 6.54 Å². The molecule has 2 fully saturated rings. The zero-order valence-corrected chi connectivity index (χ0v) is 9.82. The van der Waals surface area contributed by atoms with Crippen LogP contribution in [0.3, 0.4) is 0 Å². The summed E-state index contributed by atoms with van der Waals surface area (Å²) in [4.78, 5) is 15.9. The molecule has 0 aromatic rings. The van der Waals surface area contributed by atoms with Gasteiger partial charge in [-0.3, -0.25) is 4.79 Å². The first-order valence-corrected chi connectivity index (χ1v) is 5.64. The maximum absolute atomic E-state index is 11.6. The zero-order chi connectivity index (χ0) is 11.1. The molecule has 0 bridgehead atoms. The van der Waals surface area contributed by atoms with Crippen LogP contribution in [0, 0.1) is 0 Å². The average Bonchev–Trinajstić information content (AvgIpc) is 2.52. The number of ether oxygens (including phenoxy) is 1. The number of morpholine rings is 1. The quantitative estimate of drug-likeness (QED) is 0.628. The molecule has 2 saturated heterocycles. The van der Waals surface area contributed by atoms with E-state index in [0.717, 1.165) is 26.1 Å². The highest BCUT2D eigenvalue weighted by Gasteiger charge is 2.44. The number of carbonyl (C=O) groups excluding carboxylic acids is 1. The lowest BCUT2D eigenvalue weighted by Crippen LogP contribution is -2.57. The van der Waals surface area contributed by atoms with E-state index in [1.165, 1.54) is 0 Å². The fourth-order valence-electron chi connectivity index (χ4n) is 2.50. The maximum atomic E-state index is 11.6. The van der Waals surface area contributed by atoms with Crippen LogP contribution < -0.4 is 0 Å². The van der Waals surface area contributed by atoms with Crippen molar-refractivity contribution in [1.82, 2.24) is 9.80 Å². The van der Waals surface area contributed by atoms with Crippen LogP contribution in [0.15, 0.2) is 0 Å². The molecule has 15 heavy (non-hydrogen) atoms. The van der Waals surface area contributed by atoms with Gasteiger partial charge in [0.15, 0.2) is 0 Å². The van der Waals surface area contributed by atoms with Gasteiger partial charge in [-0.05, 0) is 27.3 Å². The van der Waals surface area contributed by atoms with Gasteiger partial charge in [-0.15, -0.1) is 0 Å². The van der Waals surface area contributed by atoms with Crippen molar-refractivity contribution in [3.05, 3.63) is 0 Å². The predicted molar refractivity (Wildman–Crippen MR) is 57.6 cm³/mol. The normalized spacial score (nSPS) is 33.3. The number of hydrogen-bond donors (Lipinski definition) is 0. The highest BCUT2D eigenvalue weighted by Crippen LogP contribution is 2.29. The van der Waals surface area contributed by atoms with Gasteiger partial charge < -0.3 is 14.5 Å². The first-order valence-electron chi connectivity index (χ1n) is 5.64. The van der Waals surface area contributed by atoms with E-state index < -0.39 is 0 Å². The van der Waals surface area contributed by atoms with E-state index in [2.05, 4.69) is 25.8 Å². The fourth-order valence-corrected chi connectivity index (χ4v) is 2.50. The van der Waals surface area contributed by atoms with Gasteiger partial charge in [0.1, 0.15) is 12.2 Å². The molecule has 2 aliphatic heterocycles. The Morgan fingerprint density at radius 3 is 2.67 bits per heavy atom. The molecule has 0 radical (unpaired) electrons. The monoisotopic (exact) mass is 212 g/mol. The van der Waals surface area contributed by atoms with E-state index in [1.54, 1.807) is 0 Å². The van der Waals surface area contributed by atoms with Gasteiger partial charge in [0, 0.05) is 19.1 Å². The Labute approximate surface area is 91.2 Å². The van der Waals surface area contributed by atoms with Crippen LogP contribution in [0.4, 0.5) is 0 Å². The molecular formula is C11H20N2O2. The van der Waals surface area contributed by atoms with Gasteiger partial charge >= 0.3 is 0 Å². The third-order valence-electron chi connectivity index (χ3n) is 3.41. The Hall–Kier alpha value is -0.610. The summed E-state index contributed by atoms with van der Waals surface area (Å²) in [6.07, 6.45) is 1.04. The minimum atomic E-state index is -0.0903. The molecule has 4 nitrogen and oxygen atoms in total. The van der Waals surface area contributed by atoms with E-state index in [-0.39, 0.29) is 24.2 Å². The molecule has 4 heteroatoms. The number of nitrogens with zero attached hydrogens (tertiary/aromatic N) is 2. The molecule has 0 aliphatic carbocycles. The minimum absolute atomic E-state index is 0.0903. The summed E-state index contributed by atoms with van der Waals surface area (Å²) in [7, 11) is 2.11. The second-order valence-electron chi connectivity index (χ2n) is 5.07. The molecular weight excluding hydrogens is 192 g/mol. The molecule has 2 rings (SSSR count). The van der Waals surface area contributed by atoms with Crippen molar-refractivity contribution in [3.63, 3.8) is 0 Å². The van der Waals surface area contributed by atoms with Crippen LogP contribution in [0.2, 0.25) is 0 Å². The van der Waals surface area contributed by atoms with Gasteiger partial charge in [-0.25, -0.2) is 0 Å². The number of amides is 1. The zero-order valence-electron chi connectivity index (χ0n) is 9.82. The van der Waals surface area contributed by atoms with Crippen LogP contribution >= 0.6 is 0 Å². The second kappa shape index (κ2) is 3.76. The molecule has 86 valence electrons. The Morgan fingerprint density at radius 2 is 2.13 bits per heavy atom. The summed E-state index contributed by atoms with van der Waals surface area (Å²) < 4.78 is 5.76. The number of carbonyl (C=O) groups is 1. The number of likely N-dealkylation sites (N-methyl/N-ethyl adjacent to an activating group) is 1. The van der Waals surface area contributed by atoms with Gasteiger partial charge in [-0.2, -0.15) is 0 Å². The molecule has 1 atom stereocenters. The lowest BCUT2D eigenvalue weighted by molar-refractivity contribution is -0.164. The van der Waals surface area contributed by atoms with E-state index in [0.29, 0.717) is 0 Å². The third-order valence-corrected chi connectivity index (χ3v) is 3.41. The molecule has 2 heterocycles. The Kier molecular flexibility index (Phi) is 2.73. The van der Waals surface area contributed by atoms with Crippen molar-refractivity contribution in [2.75, 3.05) is 33.3 Å². The maximum Gasteiger partial charge on any atom is 0.248 e. The van der Waals surface area contributed by atoms with E-state index in [9.17, 15) is 4.79 Å². The van der Waals surface area contributed by atoms with Gasteiger partial charge in [-0.1, -0.05) is 0 Å². The first kappa shape index (κ1) is 10.9. The SMILES string of the molecule is CC(C)N1CC2(CCN(C)C2)OCC1=O. The molecule has 0 N–H and O–H groups in total. The van der Waals surface area contributed by atoms with Crippen molar-refractivity contribution >= 4 is 5.91 Å². The van der Waals surface area contributed by atoms with Crippen molar-refractivity contribution in [3.8, 4) is 0 Å². The van der Waals surface area contributed by atoms with Crippen molar-refractivity contribution in [2.24, 2.45) is 0 Å². The van der Waals surface area contributed by atoms with Gasteiger partial charge in [0.2, 0.25) is 5.91 Å². The second-order valence-corrected chi connectivity index (χ2v) is 5.07. The van der Waals surface area contributed by atoms with Crippen LogP contribution in [0.25, 0.3) is 0 Å². The van der Waals surface area contributed by atoms with Crippen LogP contribution in [0.5, 0.6) is 0 Å². The molecule has 0 aromatic heterocycles. The number of hydrogen-bond acceptors (Lipinski definition) is 3. The average molecular weight is 212 g/mol.